The number of fused-ring (bicyclic) bond motifs is 1. The minimum Gasteiger partial charge on any atom is -0.507 e. The molecule has 0 bridgehead atoms. The van der Waals surface area contributed by atoms with Crippen molar-refractivity contribution < 1.29 is 19.0 Å². The first-order valence-corrected chi connectivity index (χ1v) is 10.3. The molecule has 0 saturated carbocycles. The maximum Gasteiger partial charge on any atom is 0.235 e. The zero-order valence-corrected chi connectivity index (χ0v) is 17.6. The lowest BCUT2D eigenvalue weighted by Gasteiger charge is -2.33. The van der Waals surface area contributed by atoms with Gasteiger partial charge in [0.15, 0.2) is 0 Å². The Morgan fingerprint density at radius 2 is 2.00 bits per heavy atom. The number of piperidine rings is 1. The number of hydrogen-bond acceptors (Lipinski definition) is 6. The number of benzene rings is 2. The van der Waals surface area contributed by atoms with E-state index < -0.39 is 0 Å². The van der Waals surface area contributed by atoms with Crippen LogP contribution in [-0.2, 0) is 6.54 Å². The van der Waals surface area contributed by atoms with Gasteiger partial charge in [-0.3, -0.25) is 9.69 Å². The summed E-state index contributed by atoms with van der Waals surface area (Å²) in [6, 6.07) is 10.7. The number of rotatable bonds is 5. The molecule has 1 saturated heterocycles. The molecule has 1 N–H and O–H groups in total. The molecule has 1 atom stereocenters. The van der Waals surface area contributed by atoms with Gasteiger partial charge >= 0.3 is 0 Å². The fourth-order valence-electron chi connectivity index (χ4n) is 4.04. The number of nitrogens with zero attached hydrogens (tertiary/aromatic N) is 1. The zero-order valence-electron chi connectivity index (χ0n) is 17.6. The highest BCUT2D eigenvalue weighted by Gasteiger charge is 2.23. The Morgan fingerprint density at radius 1 is 1.20 bits per heavy atom. The van der Waals surface area contributed by atoms with E-state index in [0.29, 0.717) is 46.4 Å². The Kier molecular flexibility index (Phi) is 5.68. The molecule has 0 spiro atoms. The highest BCUT2D eigenvalue weighted by atomic mass is 16.5. The monoisotopic (exact) mass is 409 g/mol. The molecule has 0 radical (unpaired) electrons. The molecule has 30 heavy (non-hydrogen) atoms. The van der Waals surface area contributed by atoms with Gasteiger partial charge in [-0.1, -0.05) is 12.5 Å². The summed E-state index contributed by atoms with van der Waals surface area (Å²) in [5.41, 5.74) is 0.812. The Morgan fingerprint density at radius 3 is 2.77 bits per heavy atom. The standard InChI is InChI=1S/C24H27NO5/c1-15-7-4-5-12-25(15)14-20-21(26)11-10-19-22(27)23(16(2)29-24(19)20)30-18-9-6-8-17(13-18)28-3/h6,8-11,13,15,26H,4-5,7,12,14H2,1-3H3/t15-/m0/s1. The van der Waals surface area contributed by atoms with Crippen LogP contribution in [0.4, 0.5) is 0 Å². The van der Waals surface area contributed by atoms with Gasteiger partial charge in [-0.2, -0.15) is 0 Å². The molecule has 0 aliphatic carbocycles. The molecule has 1 aromatic heterocycles. The van der Waals surface area contributed by atoms with Crippen molar-refractivity contribution in [1.29, 1.82) is 0 Å². The lowest BCUT2D eigenvalue weighted by molar-refractivity contribution is 0.151. The number of aromatic hydroxyl groups is 1. The third kappa shape index (κ3) is 3.87. The van der Waals surface area contributed by atoms with Gasteiger partial charge < -0.3 is 19.0 Å². The summed E-state index contributed by atoms with van der Waals surface area (Å²) in [6.45, 7) is 5.41. The van der Waals surface area contributed by atoms with E-state index in [2.05, 4.69) is 11.8 Å². The maximum absolute atomic E-state index is 13.2. The Labute approximate surface area is 175 Å². The third-order valence-electron chi connectivity index (χ3n) is 5.82. The van der Waals surface area contributed by atoms with Crippen molar-refractivity contribution in [3.05, 3.63) is 57.9 Å². The highest BCUT2D eigenvalue weighted by molar-refractivity contribution is 5.83. The van der Waals surface area contributed by atoms with Crippen LogP contribution in [-0.4, -0.2) is 29.7 Å². The number of aryl methyl sites for hydroxylation is 1. The van der Waals surface area contributed by atoms with Gasteiger partial charge in [-0.05, 0) is 57.5 Å². The normalized spacial score (nSPS) is 17.2. The summed E-state index contributed by atoms with van der Waals surface area (Å²) in [6.07, 6.45) is 3.49. The SMILES string of the molecule is COc1cccc(Oc2c(C)oc3c(CN4CCCC[C@@H]4C)c(O)ccc3c2=O)c1. The molecule has 2 aromatic carbocycles. The minimum absolute atomic E-state index is 0.138. The van der Waals surface area contributed by atoms with Crippen LogP contribution in [0.5, 0.6) is 23.0 Å². The smallest absolute Gasteiger partial charge is 0.235 e. The van der Waals surface area contributed by atoms with Crippen molar-refractivity contribution in [3.8, 4) is 23.0 Å². The molecule has 3 aromatic rings. The molecule has 4 rings (SSSR count). The number of ether oxygens (including phenoxy) is 2. The molecule has 1 fully saturated rings. The fraction of sp³-hybridized carbons (Fsp3) is 0.375. The summed E-state index contributed by atoms with van der Waals surface area (Å²) >= 11 is 0. The van der Waals surface area contributed by atoms with E-state index >= 15 is 0 Å². The number of phenols is 1. The largest absolute Gasteiger partial charge is 0.507 e. The van der Waals surface area contributed by atoms with E-state index in [-0.39, 0.29) is 16.9 Å². The van der Waals surface area contributed by atoms with E-state index in [9.17, 15) is 9.90 Å². The van der Waals surface area contributed by atoms with Crippen LogP contribution in [0.25, 0.3) is 11.0 Å². The summed E-state index contributed by atoms with van der Waals surface area (Å²) < 4.78 is 17.1. The average Bonchev–Trinajstić information content (AvgIpc) is 2.74. The first kappa shape index (κ1) is 20.3. The minimum atomic E-state index is -0.260. The molecule has 158 valence electrons. The summed E-state index contributed by atoms with van der Waals surface area (Å²) in [5, 5.41) is 10.9. The quantitative estimate of drug-likeness (QED) is 0.641. The van der Waals surface area contributed by atoms with Crippen LogP contribution >= 0.6 is 0 Å². The first-order chi connectivity index (χ1) is 14.5. The molecule has 6 heteroatoms. The number of phenolic OH excluding ortho intramolecular Hbond substituents is 1. The van der Waals surface area contributed by atoms with Gasteiger partial charge in [0, 0.05) is 18.7 Å². The van der Waals surface area contributed by atoms with Crippen LogP contribution in [0.2, 0.25) is 0 Å². The van der Waals surface area contributed by atoms with Crippen LogP contribution in [0.15, 0.2) is 45.6 Å². The van der Waals surface area contributed by atoms with Crippen LogP contribution in [0.1, 0.15) is 37.5 Å². The topological polar surface area (TPSA) is 72.1 Å². The molecule has 2 heterocycles. The van der Waals surface area contributed by atoms with Crippen molar-refractivity contribution in [2.45, 2.75) is 45.7 Å². The predicted molar refractivity (Wildman–Crippen MR) is 116 cm³/mol. The first-order valence-electron chi connectivity index (χ1n) is 10.3. The number of methoxy groups -OCH3 is 1. The molecule has 1 aliphatic rings. The van der Waals surface area contributed by atoms with Gasteiger partial charge in [0.1, 0.15) is 28.6 Å². The molecular weight excluding hydrogens is 382 g/mol. The van der Waals surface area contributed by atoms with Crippen LogP contribution < -0.4 is 14.9 Å². The number of hydrogen-bond donors (Lipinski definition) is 1. The second-order valence-corrected chi connectivity index (χ2v) is 7.85. The third-order valence-corrected chi connectivity index (χ3v) is 5.82. The molecule has 6 nitrogen and oxygen atoms in total. The van der Waals surface area contributed by atoms with Crippen molar-refractivity contribution in [3.63, 3.8) is 0 Å². The summed E-state index contributed by atoms with van der Waals surface area (Å²) in [4.78, 5) is 15.5. The van der Waals surface area contributed by atoms with Gasteiger partial charge in [0.25, 0.3) is 0 Å². The summed E-state index contributed by atoms with van der Waals surface area (Å²) in [7, 11) is 1.58. The molecular formula is C24H27NO5. The lowest BCUT2D eigenvalue weighted by atomic mass is 10.0. The van der Waals surface area contributed by atoms with Crippen LogP contribution in [0, 0.1) is 6.92 Å². The lowest BCUT2D eigenvalue weighted by Crippen LogP contribution is -2.36. The van der Waals surface area contributed by atoms with Crippen molar-refractivity contribution in [2.75, 3.05) is 13.7 Å². The second-order valence-electron chi connectivity index (χ2n) is 7.85. The van der Waals surface area contributed by atoms with Crippen molar-refractivity contribution in [1.82, 2.24) is 4.90 Å². The van der Waals surface area contributed by atoms with E-state index in [1.165, 1.54) is 6.42 Å². The second kappa shape index (κ2) is 8.40. The Balaban J connectivity index is 1.75. The van der Waals surface area contributed by atoms with Gasteiger partial charge in [-0.25, -0.2) is 0 Å². The number of likely N-dealkylation sites (tertiary alicyclic amines) is 1. The van der Waals surface area contributed by atoms with E-state index in [4.69, 9.17) is 13.9 Å². The average molecular weight is 409 g/mol. The van der Waals surface area contributed by atoms with Gasteiger partial charge in [-0.15, -0.1) is 0 Å². The molecule has 0 amide bonds. The predicted octanol–water partition coefficient (Wildman–Crippen LogP) is 4.98. The van der Waals surface area contributed by atoms with Crippen LogP contribution in [0.3, 0.4) is 0 Å². The van der Waals surface area contributed by atoms with E-state index in [0.717, 1.165) is 19.4 Å². The maximum atomic E-state index is 13.2. The molecule has 0 unspecified atom stereocenters. The van der Waals surface area contributed by atoms with Crippen molar-refractivity contribution >= 4 is 11.0 Å². The summed E-state index contributed by atoms with van der Waals surface area (Å²) in [5.74, 6) is 1.78. The van der Waals surface area contributed by atoms with Gasteiger partial charge in [0.05, 0.1) is 18.1 Å². The fourth-order valence-corrected chi connectivity index (χ4v) is 4.04. The Hall–Kier alpha value is -2.99. The van der Waals surface area contributed by atoms with Crippen molar-refractivity contribution in [2.24, 2.45) is 0 Å². The molecule has 1 aliphatic heterocycles. The Bertz CT molecular complexity index is 1120. The van der Waals surface area contributed by atoms with Gasteiger partial charge in [0.2, 0.25) is 11.2 Å². The van der Waals surface area contributed by atoms with E-state index in [1.54, 1.807) is 50.4 Å². The zero-order chi connectivity index (χ0) is 21.3. The van der Waals surface area contributed by atoms with E-state index in [1.807, 2.05) is 0 Å². The highest BCUT2D eigenvalue weighted by Crippen LogP contribution is 2.33.